The Morgan fingerprint density at radius 3 is 2.33 bits per heavy atom. The minimum Gasteiger partial charge on any atom is -0.450 e. The van der Waals surface area contributed by atoms with Gasteiger partial charge in [-0.2, -0.15) is 5.10 Å². The van der Waals surface area contributed by atoms with Crippen molar-refractivity contribution in [1.29, 1.82) is 0 Å². The number of benzene rings is 1. The number of aromatic nitrogens is 2. The van der Waals surface area contributed by atoms with Crippen LogP contribution in [0.4, 0.5) is 4.79 Å². The van der Waals surface area contributed by atoms with Crippen LogP contribution in [0.15, 0.2) is 36.5 Å². The molecule has 0 radical (unpaired) electrons. The van der Waals surface area contributed by atoms with E-state index in [1.54, 1.807) is 22.9 Å². The van der Waals surface area contributed by atoms with Crippen LogP contribution in [-0.2, 0) is 17.7 Å². The van der Waals surface area contributed by atoms with Crippen molar-refractivity contribution in [2.75, 3.05) is 32.8 Å². The number of hydrogen-bond donors (Lipinski definition) is 0. The monoisotopic (exact) mass is 370 g/mol. The molecule has 7 nitrogen and oxygen atoms in total. The molecule has 0 bridgehead atoms. The van der Waals surface area contributed by atoms with Crippen molar-refractivity contribution in [2.45, 2.75) is 26.8 Å². The molecule has 1 aliphatic heterocycles. The van der Waals surface area contributed by atoms with E-state index in [4.69, 9.17) is 4.74 Å². The minimum absolute atomic E-state index is 0.0188. The van der Waals surface area contributed by atoms with Crippen LogP contribution in [-0.4, -0.2) is 64.4 Å². The van der Waals surface area contributed by atoms with Gasteiger partial charge in [0.05, 0.1) is 30.6 Å². The topological polar surface area (TPSA) is 67.7 Å². The third-order valence-corrected chi connectivity index (χ3v) is 4.78. The van der Waals surface area contributed by atoms with Crippen LogP contribution < -0.4 is 0 Å². The Bertz CT molecular complexity index is 780. The molecule has 1 saturated heterocycles. The molecule has 2 aromatic rings. The molecule has 144 valence electrons. The van der Waals surface area contributed by atoms with Crippen LogP contribution in [0.3, 0.4) is 0 Å². The highest BCUT2D eigenvalue weighted by molar-refractivity contribution is 5.95. The molecule has 0 aliphatic carbocycles. The summed E-state index contributed by atoms with van der Waals surface area (Å²) in [6, 6.07) is 10.1. The Balaban J connectivity index is 1.68. The number of nitrogens with zero attached hydrogens (tertiary/aromatic N) is 4. The van der Waals surface area contributed by atoms with Gasteiger partial charge in [0.15, 0.2) is 0 Å². The number of piperazine rings is 1. The quantitative estimate of drug-likeness (QED) is 0.811. The fraction of sp³-hybridized carbons (Fsp3) is 0.450. The Kier molecular flexibility index (Phi) is 6.11. The third kappa shape index (κ3) is 4.30. The average Bonchev–Trinajstić information content (AvgIpc) is 3.11. The van der Waals surface area contributed by atoms with E-state index >= 15 is 0 Å². The van der Waals surface area contributed by atoms with Crippen molar-refractivity contribution >= 4 is 12.0 Å². The second-order valence-corrected chi connectivity index (χ2v) is 6.48. The Morgan fingerprint density at radius 1 is 1.04 bits per heavy atom. The van der Waals surface area contributed by atoms with Crippen LogP contribution >= 0.6 is 0 Å². The Labute approximate surface area is 159 Å². The first-order chi connectivity index (χ1) is 13.1. The van der Waals surface area contributed by atoms with Crippen LogP contribution in [0.1, 0.15) is 35.5 Å². The van der Waals surface area contributed by atoms with Crippen LogP contribution in [0.25, 0.3) is 0 Å². The SMILES string of the molecule is CCOC(=O)N1CCN(C(=O)c2cnn(Cc3ccccc3)c2CC)CC1. The van der Waals surface area contributed by atoms with E-state index < -0.39 is 0 Å². The molecule has 0 spiro atoms. The second-order valence-electron chi connectivity index (χ2n) is 6.48. The maximum atomic E-state index is 13.0. The van der Waals surface area contributed by atoms with Crippen molar-refractivity contribution in [1.82, 2.24) is 19.6 Å². The molecule has 0 atom stereocenters. The van der Waals surface area contributed by atoms with Gasteiger partial charge >= 0.3 is 6.09 Å². The number of carbonyl (C=O) groups is 2. The minimum atomic E-state index is -0.311. The highest BCUT2D eigenvalue weighted by Gasteiger charge is 2.27. The summed E-state index contributed by atoms with van der Waals surface area (Å²) in [6.45, 7) is 6.82. The predicted octanol–water partition coefficient (Wildman–Crippen LogP) is 2.41. The van der Waals surface area contributed by atoms with Crippen molar-refractivity contribution in [3.05, 3.63) is 53.3 Å². The molecule has 7 heteroatoms. The molecule has 1 fully saturated rings. The first-order valence-corrected chi connectivity index (χ1v) is 9.43. The Morgan fingerprint density at radius 2 is 1.70 bits per heavy atom. The molecule has 3 rings (SSSR count). The number of rotatable bonds is 5. The Hall–Kier alpha value is -2.83. The standard InChI is InChI=1S/C20H26N4O3/c1-3-18-17(14-21-24(18)15-16-8-6-5-7-9-16)19(25)22-10-12-23(13-11-22)20(26)27-4-2/h5-9,14H,3-4,10-13,15H2,1-2H3. The summed E-state index contributed by atoms with van der Waals surface area (Å²) in [7, 11) is 0. The molecule has 1 aromatic heterocycles. The summed E-state index contributed by atoms with van der Waals surface area (Å²) in [6.07, 6.45) is 2.09. The maximum Gasteiger partial charge on any atom is 0.409 e. The summed E-state index contributed by atoms with van der Waals surface area (Å²) in [4.78, 5) is 28.2. The van der Waals surface area contributed by atoms with E-state index in [2.05, 4.69) is 17.2 Å². The van der Waals surface area contributed by atoms with E-state index in [9.17, 15) is 9.59 Å². The van der Waals surface area contributed by atoms with Gasteiger partial charge in [-0.25, -0.2) is 4.79 Å². The van der Waals surface area contributed by atoms with Gasteiger partial charge in [0.1, 0.15) is 0 Å². The fourth-order valence-corrected chi connectivity index (χ4v) is 3.33. The molecule has 2 heterocycles. The number of ether oxygens (including phenoxy) is 1. The summed E-state index contributed by atoms with van der Waals surface area (Å²) < 4.78 is 6.93. The molecule has 1 aliphatic rings. The molecule has 0 unspecified atom stereocenters. The average molecular weight is 370 g/mol. The third-order valence-electron chi connectivity index (χ3n) is 4.78. The summed E-state index contributed by atoms with van der Waals surface area (Å²) >= 11 is 0. The largest absolute Gasteiger partial charge is 0.450 e. The van der Waals surface area contributed by atoms with E-state index in [0.717, 1.165) is 17.7 Å². The lowest BCUT2D eigenvalue weighted by atomic mass is 10.1. The van der Waals surface area contributed by atoms with E-state index in [1.807, 2.05) is 29.8 Å². The van der Waals surface area contributed by atoms with E-state index in [-0.39, 0.29) is 12.0 Å². The molecular weight excluding hydrogens is 344 g/mol. The number of amides is 2. The lowest BCUT2D eigenvalue weighted by molar-refractivity contribution is 0.0569. The van der Waals surface area contributed by atoms with Gasteiger partial charge in [-0.15, -0.1) is 0 Å². The van der Waals surface area contributed by atoms with Crippen LogP contribution in [0.2, 0.25) is 0 Å². The summed E-state index contributed by atoms with van der Waals surface area (Å²) in [5.74, 6) is -0.0188. The zero-order valence-corrected chi connectivity index (χ0v) is 15.9. The first kappa shape index (κ1) is 18.9. The van der Waals surface area contributed by atoms with Crippen molar-refractivity contribution in [2.24, 2.45) is 0 Å². The second kappa shape index (κ2) is 8.70. The van der Waals surface area contributed by atoms with Gasteiger partial charge in [-0.1, -0.05) is 37.3 Å². The van der Waals surface area contributed by atoms with Gasteiger partial charge in [-0.05, 0) is 18.9 Å². The predicted molar refractivity (Wildman–Crippen MR) is 102 cm³/mol. The molecule has 2 amide bonds. The smallest absolute Gasteiger partial charge is 0.409 e. The van der Waals surface area contributed by atoms with Crippen molar-refractivity contribution in [3.8, 4) is 0 Å². The number of hydrogen-bond acceptors (Lipinski definition) is 4. The molecular formula is C20H26N4O3. The molecule has 27 heavy (non-hydrogen) atoms. The van der Waals surface area contributed by atoms with Crippen LogP contribution in [0, 0.1) is 0 Å². The van der Waals surface area contributed by atoms with Gasteiger partial charge in [-0.3, -0.25) is 9.48 Å². The molecule has 0 saturated carbocycles. The molecule has 1 aromatic carbocycles. The van der Waals surface area contributed by atoms with Gasteiger partial charge in [0.2, 0.25) is 0 Å². The van der Waals surface area contributed by atoms with Crippen LogP contribution in [0.5, 0.6) is 0 Å². The maximum absolute atomic E-state index is 13.0. The van der Waals surface area contributed by atoms with Crippen molar-refractivity contribution in [3.63, 3.8) is 0 Å². The van der Waals surface area contributed by atoms with E-state index in [1.165, 1.54) is 0 Å². The van der Waals surface area contributed by atoms with Gasteiger partial charge < -0.3 is 14.5 Å². The normalized spacial score (nSPS) is 14.3. The molecule has 0 N–H and O–H groups in total. The summed E-state index contributed by atoms with van der Waals surface area (Å²) in [5.41, 5.74) is 2.74. The highest BCUT2D eigenvalue weighted by atomic mass is 16.6. The van der Waals surface area contributed by atoms with Gasteiger partial charge in [0, 0.05) is 26.2 Å². The summed E-state index contributed by atoms with van der Waals surface area (Å²) in [5, 5.41) is 4.45. The van der Waals surface area contributed by atoms with Crippen molar-refractivity contribution < 1.29 is 14.3 Å². The van der Waals surface area contributed by atoms with Gasteiger partial charge in [0.25, 0.3) is 5.91 Å². The first-order valence-electron chi connectivity index (χ1n) is 9.43. The highest BCUT2D eigenvalue weighted by Crippen LogP contribution is 2.16. The number of carbonyl (C=O) groups excluding carboxylic acids is 2. The zero-order valence-electron chi connectivity index (χ0n) is 15.9. The lowest BCUT2D eigenvalue weighted by Crippen LogP contribution is -2.50. The fourth-order valence-electron chi connectivity index (χ4n) is 3.33. The lowest BCUT2D eigenvalue weighted by Gasteiger charge is -2.34. The van der Waals surface area contributed by atoms with E-state index in [0.29, 0.717) is 44.9 Å². The zero-order chi connectivity index (χ0) is 19.2.